The summed E-state index contributed by atoms with van der Waals surface area (Å²) in [4.78, 5) is 57.9. The Balaban J connectivity index is 1.44. The molecule has 1 saturated heterocycles. The highest BCUT2D eigenvalue weighted by Crippen LogP contribution is 2.49. The summed E-state index contributed by atoms with van der Waals surface area (Å²) >= 11 is 0. The van der Waals surface area contributed by atoms with Gasteiger partial charge in [-0.05, 0) is 64.0 Å². The van der Waals surface area contributed by atoms with Crippen LogP contribution in [0.15, 0.2) is 24.3 Å². The Hall–Kier alpha value is -2.90. The van der Waals surface area contributed by atoms with Gasteiger partial charge in [0.1, 0.15) is 5.60 Å². The molecule has 1 unspecified atom stereocenters. The molecule has 0 aromatic heterocycles. The third-order valence-corrected chi connectivity index (χ3v) is 6.79. The Labute approximate surface area is 187 Å². The Kier molecular flexibility index (Phi) is 5.73. The number of carbonyl (C=O) groups excluding carboxylic acids is 4. The third kappa shape index (κ3) is 4.10. The molecule has 3 aliphatic rings. The smallest absolute Gasteiger partial charge is 0.410 e. The van der Waals surface area contributed by atoms with Gasteiger partial charge >= 0.3 is 12.1 Å². The summed E-state index contributed by atoms with van der Waals surface area (Å²) in [7, 11) is 0. The predicted octanol–water partition coefficient (Wildman–Crippen LogP) is 3.95. The minimum Gasteiger partial charge on any atom is -0.444 e. The number of fused-ring (bicyclic) bond motifs is 1. The molecule has 2 heterocycles. The van der Waals surface area contributed by atoms with Crippen LogP contribution in [0, 0.1) is 11.3 Å². The minimum atomic E-state index is -0.608. The summed E-state index contributed by atoms with van der Waals surface area (Å²) in [6.07, 6.45) is 4.38. The number of ether oxygens (including phenoxy) is 1. The van der Waals surface area contributed by atoms with E-state index in [4.69, 9.17) is 9.57 Å². The quantitative estimate of drug-likeness (QED) is 0.644. The monoisotopic (exact) mass is 442 g/mol. The van der Waals surface area contributed by atoms with E-state index >= 15 is 0 Å². The molecule has 0 bridgehead atoms. The summed E-state index contributed by atoms with van der Waals surface area (Å²) in [6, 6.07) is 6.45. The number of amides is 3. The van der Waals surface area contributed by atoms with Crippen molar-refractivity contribution in [2.45, 2.75) is 64.9 Å². The van der Waals surface area contributed by atoms with Crippen LogP contribution in [-0.4, -0.2) is 52.5 Å². The van der Waals surface area contributed by atoms with E-state index in [9.17, 15) is 19.2 Å². The van der Waals surface area contributed by atoms with Crippen LogP contribution >= 0.6 is 0 Å². The molecule has 2 aliphatic heterocycles. The van der Waals surface area contributed by atoms with Gasteiger partial charge in [0, 0.05) is 13.1 Å². The first-order valence-electron chi connectivity index (χ1n) is 11.3. The largest absolute Gasteiger partial charge is 0.444 e. The summed E-state index contributed by atoms with van der Waals surface area (Å²) in [5.41, 5.74) is -0.369. The lowest BCUT2D eigenvalue weighted by molar-refractivity contribution is -0.182. The lowest BCUT2D eigenvalue weighted by atomic mass is 9.61. The zero-order valence-corrected chi connectivity index (χ0v) is 18.9. The van der Waals surface area contributed by atoms with Crippen LogP contribution in [0.1, 0.15) is 80.0 Å². The standard InChI is InChI=1S/C24H30N2O6/c1-23(2,3)31-22(30)25-14-12-24(13-15-25)11-7-6-10-18(24)21(29)32-26-19(27)16-8-4-5-9-17(16)20(26)28/h4-5,8-9,18H,6-7,10-15H2,1-3H3. The molecule has 32 heavy (non-hydrogen) atoms. The number of benzene rings is 1. The molecule has 0 N–H and O–H groups in total. The molecule has 8 nitrogen and oxygen atoms in total. The molecule has 172 valence electrons. The average molecular weight is 443 g/mol. The number of hydroxylamine groups is 2. The maximum absolute atomic E-state index is 13.2. The summed E-state index contributed by atoms with van der Waals surface area (Å²) < 4.78 is 5.48. The summed E-state index contributed by atoms with van der Waals surface area (Å²) in [5, 5.41) is 0.602. The van der Waals surface area contributed by atoms with Crippen molar-refractivity contribution < 1.29 is 28.8 Å². The fraction of sp³-hybridized carbons (Fsp3) is 0.583. The van der Waals surface area contributed by atoms with Crippen molar-refractivity contribution in [1.82, 2.24) is 9.96 Å². The van der Waals surface area contributed by atoms with Crippen molar-refractivity contribution in [3.05, 3.63) is 35.4 Å². The van der Waals surface area contributed by atoms with Gasteiger partial charge in [0.05, 0.1) is 17.0 Å². The molecule has 0 radical (unpaired) electrons. The molecule has 1 aromatic rings. The van der Waals surface area contributed by atoms with Crippen LogP contribution < -0.4 is 0 Å². The maximum Gasteiger partial charge on any atom is 0.410 e. The highest BCUT2D eigenvalue weighted by Gasteiger charge is 2.49. The van der Waals surface area contributed by atoms with Crippen LogP contribution in [-0.2, 0) is 14.4 Å². The van der Waals surface area contributed by atoms with Gasteiger partial charge in [0.2, 0.25) is 0 Å². The first kappa shape index (κ1) is 22.3. The fourth-order valence-corrected chi connectivity index (χ4v) is 5.14. The SMILES string of the molecule is CC(C)(C)OC(=O)N1CCC2(CCCCC2C(=O)ON2C(=O)c3ccccc3C2=O)CC1. The zero-order chi connectivity index (χ0) is 23.1. The van der Waals surface area contributed by atoms with Gasteiger partial charge in [0.15, 0.2) is 0 Å². The van der Waals surface area contributed by atoms with E-state index in [1.807, 2.05) is 20.8 Å². The van der Waals surface area contributed by atoms with E-state index in [-0.39, 0.29) is 22.6 Å². The van der Waals surface area contributed by atoms with Crippen molar-refractivity contribution in [2.24, 2.45) is 11.3 Å². The van der Waals surface area contributed by atoms with E-state index in [2.05, 4.69) is 0 Å². The zero-order valence-electron chi connectivity index (χ0n) is 18.9. The molecule has 4 rings (SSSR count). The van der Waals surface area contributed by atoms with E-state index < -0.39 is 29.3 Å². The Morgan fingerprint density at radius 3 is 2.12 bits per heavy atom. The average Bonchev–Trinajstić information content (AvgIpc) is 2.98. The number of carbonyl (C=O) groups is 4. The molecular formula is C24H30N2O6. The first-order valence-corrected chi connectivity index (χ1v) is 11.3. The van der Waals surface area contributed by atoms with Gasteiger partial charge in [-0.3, -0.25) is 9.59 Å². The highest BCUT2D eigenvalue weighted by molar-refractivity contribution is 6.20. The topological polar surface area (TPSA) is 93.2 Å². The first-order chi connectivity index (χ1) is 15.1. The number of piperidine rings is 1. The fourth-order valence-electron chi connectivity index (χ4n) is 5.14. The highest BCUT2D eigenvalue weighted by atomic mass is 16.7. The number of nitrogens with zero attached hydrogens (tertiary/aromatic N) is 2. The van der Waals surface area contributed by atoms with E-state index in [1.54, 1.807) is 29.2 Å². The predicted molar refractivity (Wildman–Crippen MR) is 114 cm³/mol. The van der Waals surface area contributed by atoms with E-state index in [0.717, 1.165) is 19.3 Å². The van der Waals surface area contributed by atoms with Crippen molar-refractivity contribution in [3.8, 4) is 0 Å². The van der Waals surface area contributed by atoms with Crippen LogP contribution in [0.25, 0.3) is 0 Å². The number of rotatable bonds is 2. The molecule has 2 fully saturated rings. The number of imide groups is 1. The molecule has 1 aliphatic carbocycles. The third-order valence-electron chi connectivity index (χ3n) is 6.79. The Morgan fingerprint density at radius 2 is 1.56 bits per heavy atom. The summed E-state index contributed by atoms with van der Waals surface area (Å²) in [6.45, 7) is 6.52. The molecule has 8 heteroatoms. The van der Waals surface area contributed by atoms with Crippen LogP contribution in [0.2, 0.25) is 0 Å². The maximum atomic E-state index is 13.2. The van der Waals surface area contributed by atoms with Gasteiger partial charge in [0.25, 0.3) is 11.8 Å². The van der Waals surface area contributed by atoms with Gasteiger partial charge in [-0.25, -0.2) is 9.59 Å². The molecular weight excluding hydrogens is 412 g/mol. The van der Waals surface area contributed by atoms with Gasteiger partial charge in [-0.2, -0.15) is 0 Å². The van der Waals surface area contributed by atoms with E-state index in [0.29, 0.717) is 37.4 Å². The molecule has 1 spiro atoms. The normalized spacial score (nSPS) is 22.7. The van der Waals surface area contributed by atoms with Gasteiger partial charge in [-0.1, -0.05) is 30.0 Å². The lowest BCUT2D eigenvalue weighted by Gasteiger charge is -2.48. The van der Waals surface area contributed by atoms with Crippen molar-refractivity contribution >= 4 is 23.9 Å². The van der Waals surface area contributed by atoms with Crippen LogP contribution in [0.3, 0.4) is 0 Å². The molecule has 3 amide bonds. The second-order valence-electron chi connectivity index (χ2n) is 9.99. The Morgan fingerprint density at radius 1 is 0.969 bits per heavy atom. The summed E-state index contributed by atoms with van der Waals surface area (Å²) in [5.74, 6) is -2.17. The number of hydrogen-bond acceptors (Lipinski definition) is 6. The molecule has 1 atom stereocenters. The number of hydrogen-bond donors (Lipinski definition) is 0. The van der Waals surface area contributed by atoms with Crippen LogP contribution in [0.5, 0.6) is 0 Å². The second-order valence-corrected chi connectivity index (χ2v) is 9.99. The van der Waals surface area contributed by atoms with Gasteiger partial charge < -0.3 is 14.5 Å². The van der Waals surface area contributed by atoms with E-state index in [1.165, 1.54) is 0 Å². The van der Waals surface area contributed by atoms with Crippen LogP contribution in [0.4, 0.5) is 4.79 Å². The van der Waals surface area contributed by atoms with Crippen molar-refractivity contribution in [2.75, 3.05) is 13.1 Å². The van der Waals surface area contributed by atoms with Gasteiger partial charge in [-0.15, -0.1) is 0 Å². The lowest BCUT2D eigenvalue weighted by Crippen LogP contribution is -2.51. The molecule has 1 saturated carbocycles. The Bertz CT molecular complexity index is 907. The molecule has 1 aromatic carbocycles. The van der Waals surface area contributed by atoms with Crippen molar-refractivity contribution in [1.29, 1.82) is 0 Å². The minimum absolute atomic E-state index is 0.245. The second kappa shape index (κ2) is 8.22. The van der Waals surface area contributed by atoms with Crippen molar-refractivity contribution in [3.63, 3.8) is 0 Å². The number of likely N-dealkylation sites (tertiary alicyclic amines) is 1.